The lowest BCUT2D eigenvalue weighted by atomic mass is 9.48. The summed E-state index contributed by atoms with van der Waals surface area (Å²) in [4.78, 5) is 19.6. The Hall–Kier alpha value is -1.01. The van der Waals surface area contributed by atoms with Crippen molar-refractivity contribution in [3.63, 3.8) is 0 Å². The van der Waals surface area contributed by atoms with Crippen molar-refractivity contribution in [2.75, 3.05) is 13.7 Å². The van der Waals surface area contributed by atoms with Crippen LogP contribution in [0.15, 0.2) is 4.99 Å². The molecule has 4 nitrogen and oxygen atoms in total. The highest BCUT2D eigenvalue weighted by Crippen LogP contribution is 2.63. The molecule has 1 aromatic heterocycles. The van der Waals surface area contributed by atoms with Gasteiger partial charge in [-0.05, 0) is 64.2 Å². The summed E-state index contributed by atoms with van der Waals surface area (Å²) in [6.07, 6.45) is 4.47. The molecule has 1 aromatic rings. The number of methoxy groups -OCH3 is 1. The molecule has 4 aliphatic carbocycles. The molecule has 25 heavy (non-hydrogen) atoms. The maximum absolute atomic E-state index is 15.1. The minimum atomic E-state index is -1.12. The average Bonchev–Trinajstić information content (AvgIpc) is 2.77. The van der Waals surface area contributed by atoms with E-state index in [1.807, 2.05) is 13.8 Å². The van der Waals surface area contributed by atoms with Gasteiger partial charge < -0.3 is 9.30 Å². The van der Waals surface area contributed by atoms with Crippen LogP contribution in [0.3, 0.4) is 0 Å². The van der Waals surface area contributed by atoms with Crippen LogP contribution in [0.1, 0.15) is 49.1 Å². The Morgan fingerprint density at radius 2 is 2.00 bits per heavy atom. The third-order valence-corrected chi connectivity index (χ3v) is 7.65. The lowest BCUT2D eigenvalue weighted by Crippen LogP contribution is -2.56. The number of aromatic nitrogens is 1. The fraction of sp³-hybridized carbons (Fsp3) is 0.789. The molecule has 0 spiro atoms. The molecular formula is C19H27FN2O2S. The summed E-state index contributed by atoms with van der Waals surface area (Å²) < 4.78 is 22.4. The van der Waals surface area contributed by atoms with E-state index in [0.717, 1.165) is 34.6 Å². The van der Waals surface area contributed by atoms with E-state index in [9.17, 15) is 4.79 Å². The zero-order chi connectivity index (χ0) is 17.8. The molecule has 0 aliphatic heterocycles. The second-order valence-electron chi connectivity index (χ2n) is 8.48. The molecule has 4 bridgehead atoms. The number of ether oxygens (including phenoxy) is 1. The van der Waals surface area contributed by atoms with Crippen LogP contribution in [-0.4, -0.2) is 29.9 Å². The first-order chi connectivity index (χ1) is 11.8. The Labute approximate surface area is 152 Å². The van der Waals surface area contributed by atoms with Crippen molar-refractivity contribution in [1.29, 1.82) is 0 Å². The average molecular weight is 367 g/mol. The van der Waals surface area contributed by atoms with Gasteiger partial charge in [0.25, 0.3) is 5.91 Å². The third-order valence-electron chi connectivity index (χ3n) is 6.55. The minimum Gasteiger partial charge on any atom is -0.383 e. The molecule has 4 fully saturated rings. The molecule has 1 heterocycles. The van der Waals surface area contributed by atoms with Crippen molar-refractivity contribution < 1.29 is 13.9 Å². The van der Waals surface area contributed by atoms with Crippen molar-refractivity contribution in [2.45, 2.75) is 64.6 Å². The second-order valence-corrected chi connectivity index (χ2v) is 9.66. The van der Waals surface area contributed by atoms with Gasteiger partial charge in [-0.1, -0.05) is 0 Å². The summed E-state index contributed by atoms with van der Waals surface area (Å²) in [5.74, 6) is 0.659. The van der Waals surface area contributed by atoms with Crippen LogP contribution in [0.4, 0.5) is 4.39 Å². The molecule has 0 saturated heterocycles. The quantitative estimate of drug-likeness (QED) is 0.818. The van der Waals surface area contributed by atoms with Gasteiger partial charge in [0.15, 0.2) is 4.80 Å². The number of rotatable bonds is 4. The number of carbonyl (C=O) groups is 1. The molecule has 0 aromatic carbocycles. The van der Waals surface area contributed by atoms with Crippen LogP contribution in [0.25, 0.3) is 0 Å². The first kappa shape index (κ1) is 17.4. The van der Waals surface area contributed by atoms with Gasteiger partial charge in [-0.3, -0.25) is 4.79 Å². The number of halogens is 1. The number of aryl methyl sites for hydroxylation is 1. The number of nitrogens with zero attached hydrogens (tertiary/aromatic N) is 2. The molecule has 4 saturated carbocycles. The topological polar surface area (TPSA) is 43.6 Å². The Kier molecular flexibility index (Phi) is 4.19. The maximum Gasteiger partial charge on any atom is 0.254 e. The van der Waals surface area contributed by atoms with E-state index >= 15 is 4.39 Å². The largest absolute Gasteiger partial charge is 0.383 e. The number of hydrogen-bond donors (Lipinski definition) is 0. The smallest absolute Gasteiger partial charge is 0.254 e. The molecule has 6 heteroatoms. The number of hydrogen-bond acceptors (Lipinski definition) is 3. The summed E-state index contributed by atoms with van der Waals surface area (Å²) in [5, 5.41) is 0. The third kappa shape index (κ3) is 2.91. The van der Waals surface area contributed by atoms with Crippen LogP contribution in [-0.2, 0) is 16.1 Å². The number of thiazole rings is 1. The zero-order valence-electron chi connectivity index (χ0n) is 15.3. The molecule has 1 amide bonds. The van der Waals surface area contributed by atoms with E-state index in [4.69, 9.17) is 4.74 Å². The van der Waals surface area contributed by atoms with Crippen molar-refractivity contribution in [3.05, 3.63) is 15.4 Å². The Balaban J connectivity index is 1.68. The summed E-state index contributed by atoms with van der Waals surface area (Å²) in [5.41, 5.74) is -0.548. The summed E-state index contributed by atoms with van der Waals surface area (Å²) in [7, 11) is 1.67. The minimum absolute atomic E-state index is 0.0870. The van der Waals surface area contributed by atoms with Crippen molar-refractivity contribution >= 4 is 17.2 Å². The zero-order valence-corrected chi connectivity index (χ0v) is 16.1. The second kappa shape index (κ2) is 6.02. The van der Waals surface area contributed by atoms with Gasteiger partial charge in [-0.2, -0.15) is 4.99 Å². The molecule has 5 rings (SSSR count). The lowest BCUT2D eigenvalue weighted by molar-refractivity contribution is -0.157. The fourth-order valence-corrected chi connectivity index (χ4v) is 6.73. The maximum atomic E-state index is 15.1. The molecule has 4 aliphatic rings. The van der Waals surface area contributed by atoms with E-state index in [-0.39, 0.29) is 5.91 Å². The van der Waals surface area contributed by atoms with Crippen LogP contribution < -0.4 is 4.80 Å². The van der Waals surface area contributed by atoms with Gasteiger partial charge in [0.1, 0.15) is 5.67 Å². The molecule has 2 unspecified atom stereocenters. The highest BCUT2D eigenvalue weighted by atomic mass is 32.1. The predicted molar refractivity (Wildman–Crippen MR) is 95.2 cm³/mol. The Morgan fingerprint density at radius 3 is 2.60 bits per heavy atom. The molecule has 138 valence electrons. The summed E-state index contributed by atoms with van der Waals surface area (Å²) in [6.45, 7) is 5.37. The molecular weight excluding hydrogens is 339 g/mol. The van der Waals surface area contributed by atoms with Gasteiger partial charge in [0.2, 0.25) is 0 Å². The molecule has 0 N–H and O–H groups in total. The van der Waals surface area contributed by atoms with E-state index in [1.165, 1.54) is 0 Å². The molecule has 0 radical (unpaired) electrons. The van der Waals surface area contributed by atoms with Gasteiger partial charge >= 0.3 is 0 Å². The van der Waals surface area contributed by atoms with Crippen LogP contribution >= 0.6 is 11.3 Å². The summed E-state index contributed by atoms with van der Waals surface area (Å²) >= 11 is 1.55. The number of amides is 1. The lowest BCUT2D eigenvalue weighted by Gasteiger charge is -2.57. The predicted octanol–water partition coefficient (Wildman–Crippen LogP) is 3.55. The van der Waals surface area contributed by atoms with E-state index in [1.54, 1.807) is 18.4 Å². The number of carbonyl (C=O) groups excluding carboxylic acids is 1. The van der Waals surface area contributed by atoms with Gasteiger partial charge in [-0.25, -0.2) is 4.39 Å². The van der Waals surface area contributed by atoms with Crippen LogP contribution in [0, 0.1) is 31.1 Å². The number of alkyl halides is 1. The SMILES string of the molecule is COCCn1c(C)c(C)s/c1=N\C(=O)C12CC3CC(CC(F)(C3)C1)C2. The Morgan fingerprint density at radius 1 is 1.32 bits per heavy atom. The highest BCUT2D eigenvalue weighted by Gasteiger charge is 2.61. The highest BCUT2D eigenvalue weighted by molar-refractivity contribution is 7.09. The summed E-state index contributed by atoms with van der Waals surface area (Å²) in [6, 6.07) is 0. The van der Waals surface area contributed by atoms with Gasteiger partial charge in [0, 0.05) is 24.2 Å². The monoisotopic (exact) mass is 366 g/mol. The first-order valence-corrected chi connectivity index (χ1v) is 10.1. The van der Waals surface area contributed by atoms with Gasteiger partial charge in [-0.15, -0.1) is 11.3 Å². The van der Waals surface area contributed by atoms with E-state index in [2.05, 4.69) is 9.56 Å². The first-order valence-electron chi connectivity index (χ1n) is 9.28. The van der Waals surface area contributed by atoms with Crippen molar-refractivity contribution in [3.8, 4) is 0 Å². The van der Waals surface area contributed by atoms with Crippen LogP contribution in [0.5, 0.6) is 0 Å². The fourth-order valence-electron chi connectivity index (χ4n) is 5.73. The normalized spacial score (nSPS) is 37.0. The van der Waals surface area contributed by atoms with Gasteiger partial charge in [0.05, 0.1) is 12.0 Å². The van der Waals surface area contributed by atoms with Crippen LogP contribution in [0.2, 0.25) is 0 Å². The van der Waals surface area contributed by atoms with Crippen molar-refractivity contribution in [1.82, 2.24) is 4.57 Å². The Bertz CT molecular complexity index is 752. The molecule has 2 atom stereocenters. The van der Waals surface area contributed by atoms with Crippen molar-refractivity contribution in [2.24, 2.45) is 22.2 Å². The van der Waals surface area contributed by atoms with E-state index in [0.29, 0.717) is 44.2 Å². The van der Waals surface area contributed by atoms with E-state index < -0.39 is 11.1 Å². The standard InChI is InChI=1S/C19H27FN2O2S/c1-12-13(2)25-17(22(12)4-5-24-3)21-16(23)18-7-14-6-15(8-18)10-19(20,9-14)11-18/h14-15H,4-11H2,1-3H3/b21-17-.